The highest BCUT2D eigenvalue weighted by Gasteiger charge is 2.36. The van der Waals surface area contributed by atoms with Gasteiger partial charge in [-0.05, 0) is 32.4 Å². The Morgan fingerprint density at radius 2 is 1.96 bits per heavy atom. The van der Waals surface area contributed by atoms with Crippen LogP contribution < -0.4 is 5.32 Å². The number of carbonyl (C=O) groups is 2. The highest BCUT2D eigenvalue weighted by Crippen LogP contribution is 2.30. The summed E-state index contributed by atoms with van der Waals surface area (Å²) in [5.74, 6) is 0.254. The molecule has 1 aliphatic rings. The van der Waals surface area contributed by atoms with Crippen molar-refractivity contribution < 1.29 is 22.8 Å². The third kappa shape index (κ3) is 5.39. The van der Waals surface area contributed by atoms with Crippen LogP contribution in [0.4, 0.5) is 13.2 Å². The summed E-state index contributed by atoms with van der Waals surface area (Å²) in [7, 11) is 0. The molecule has 1 unspecified atom stereocenters. The Hall–Kier alpha value is -1.70. The number of halogens is 3. The van der Waals surface area contributed by atoms with E-state index in [1.54, 1.807) is 0 Å². The van der Waals surface area contributed by atoms with Gasteiger partial charge in [0.15, 0.2) is 0 Å². The maximum Gasteiger partial charge on any atom is 0.416 e. The number of amides is 2. The molecule has 25 heavy (non-hydrogen) atoms. The van der Waals surface area contributed by atoms with Gasteiger partial charge < -0.3 is 10.2 Å². The van der Waals surface area contributed by atoms with Gasteiger partial charge in [0.1, 0.15) is 6.04 Å². The van der Waals surface area contributed by atoms with Gasteiger partial charge in [0, 0.05) is 11.3 Å². The van der Waals surface area contributed by atoms with Gasteiger partial charge in [-0.1, -0.05) is 18.2 Å². The molecule has 0 bridgehead atoms. The van der Waals surface area contributed by atoms with Crippen molar-refractivity contribution in [3.63, 3.8) is 0 Å². The average molecular weight is 374 g/mol. The first-order valence-electron chi connectivity index (χ1n) is 7.83. The molecule has 0 saturated carbocycles. The van der Waals surface area contributed by atoms with Crippen LogP contribution in [0.3, 0.4) is 0 Å². The van der Waals surface area contributed by atoms with E-state index in [4.69, 9.17) is 0 Å². The Balaban J connectivity index is 2.08. The second-order valence-corrected chi connectivity index (χ2v) is 7.99. The monoisotopic (exact) mass is 374 g/mol. The highest BCUT2D eigenvalue weighted by atomic mass is 32.2. The zero-order valence-electron chi connectivity index (χ0n) is 14.3. The normalized spacial score (nSPS) is 18.3. The third-order valence-electron chi connectivity index (χ3n) is 3.61. The summed E-state index contributed by atoms with van der Waals surface area (Å²) in [6, 6.07) is 4.13. The molecule has 0 aliphatic carbocycles. The fraction of sp³-hybridized carbons (Fsp3) is 0.529. The van der Waals surface area contributed by atoms with Crippen LogP contribution in [-0.4, -0.2) is 39.9 Å². The number of benzene rings is 1. The molecule has 2 rings (SSSR count). The molecular weight excluding hydrogens is 353 g/mol. The van der Waals surface area contributed by atoms with Crippen LogP contribution in [0, 0.1) is 0 Å². The Morgan fingerprint density at radius 1 is 1.28 bits per heavy atom. The largest absolute Gasteiger partial charge is 0.416 e. The lowest BCUT2D eigenvalue weighted by Gasteiger charge is -2.27. The van der Waals surface area contributed by atoms with Crippen molar-refractivity contribution in [2.24, 2.45) is 0 Å². The van der Waals surface area contributed by atoms with E-state index in [1.807, 2.05) is 20.8 Å². The smallest absolute Gasteiger partial charge is 0.350 e. The van der Waals surface area contributed by atoms with Crippen molar-refractivity contribution in [2.45, 2.75) is 44.9 Å². The molecule has 1 aromatic rings. The van der Waals surface area contributed by atoms with Gasteiger partial charge in [0.2, 0.25) is 11.8 Å². The fourth-order valence-corrected chi connectivity index (χ4v) is 3.67. The Morgan fingerprint density at radius 3 is 2.56 bits per heavy atom. The molecule has 0 spiro atoms. The van der Waals surface area contributed by atoms with Crippen LogP contribution in [0.5, 0.6) is 0 Å². The molecular formula is C17H21F3N2O2S. The van der Waals surface area contributed by atoms with Crippen molar-refractivity contribution in [1.82, 2.24) is 10.2 Å². The van der Waals surface area contributed by atoms with Gasteiger partial charge in [-0.3, -0.25) is 9.59 Å². The molecule has 1 heterocycles. The van der Waals surface area contributed by atoms with E-state index in [0.717, 1.165) is 12.1 Å². The van der Waals surface area contributed by atoms with Crippen LogP contribution in [0.2, 0.25) is 0 Å². The summed E-state index contributed by atoms with van der Waals surface area (Å²) >= 11 is 1.46. The Labute approximate surface area is 149 Å². The van der Waals surface area contributed by atoms with Gasteiger partial charge >= 0.3 is 6.18 Å². The van der Waals surface area contributed by atoms with E-state index in [1.165, 1.54) is 28.8 Å². The summed E-state index contributed by atoms with van der Waals surface area (Å²) in [6.07, 6.45) is -4.61. The van der Waals surface area contributed by atoms with Crippen molar-refractivity contribution in [1.29, 1.82) is 0 Å². The predicted octanol–water partition coefficient (Wildman–Crippen LogP) is 3.06. The first-order valence-corrected chi connectivity index (χ1v) is 8.98. The molecule has 1 aliphatic heterocycles. The van der Waals surface area contributed by atoms with Crippen LogP contribution in [0.1, 0.15) is 31.9 Å². The number of thioether (sulfide) groups is 1. The minimum atomic E-state index is -4.45. The quantitative estimate of drug-likeness (QED) is 0.885. The van der Waals surface area contributed by atoms with Gasteiger partial charge in [-0.25, -0.2) is 0 Å². The molecule has 4 nitrogen and oxygen atoms in total. The van der Waals surface area contributed by atoms with E-state index >= 15 is 0 Å². The number of carbonyl (C=O) groups excluding carboxylic acids is 2. The first kappa shape index (κ1) is 19.6. The summed E-state index contributed by atoms with van der Waals surface area (Å²) in [5.41, 5.74) is -0.914. The maximum absolute atomic E-state index is 12.8. The average Bonchev–Trinajstić information content (AvgIpc) is 2.94. The predicted molar refractivity (Wildman–Crippen MR) is 91.0 cm³/mol. The standard InChI is InChI=1S/C17H21F3N2O2S/c1-16(2,3)21-15(24)13-9-25-10-22(13)14(23)8-11-5-4-6-12(7-11)17(18,19)20/h4-7,13H,8-10H2,1-3H3,(H,21,24). The van der Waals surface area contributed by atoms with Crippen molar-refractivity contribution in [3.8, 4) is 0 Å². The molecule has 2 amide bonds. The number of alkyl halides is 3. The van der Waals surface area contributed by atoms with Crippen molar-refractivity contribution >= 4 is 23.6 Å². The van der Waals surface area contributed by atoms with Crippen LogP contribution >= 0.6 is 11.8 Å². The van der Waals surface area contributed by atoms with E-state index in [0.29, 0.717) is 11.6 Å². The van der Waals surface area contributed by atoms with Crippen molar-refractivity contribution in [3.05, 3.63) is 35.4 Å². The summed E-state index contributed by atoms with van der Waals surface area (Å²) in [4.78, 5) is 26.3. The summed E-state index contributed by atoms with van der Waals surface area (Å²) in [6.45, 7) is 5.55. The van der Waals surface area contributed by atoms with Gasteiger partial charge in [-0.15, -0.1) is 11.8 Å². The summed E-state index contributed by atoms with van der Waals surface area (Å²) < 4.78 is 38.3. The van der Waals surface area contributed by atoms with Crippen molar-refractivity contribution in [2.75, 3.05) is 11.6 Å². The number of nitrogens with zero attached hydrogens (tertiary/aromatic N) is 1. The number of hydrogen-bond donors (Lipinski definition) is 1. The van der Waals surface area contributed by atoms with Gasteiger partial charge in [0.05, 0.1) is 17.9 Å². The number of hydrogen-bond acceptors (Lipinski definition) is 3. The van der Waals surface area contributed by atoms with Gasteiger partial charge in [-0.2, -0.15) is 13.2 Å². The second kappa shape index (κ2) is 7.27. The molecule has 0 radical (unpaired) electrons. The molecule has 138 valence electrons. The Bertz CT molecular complexity index is 656. The molecule has 1 atom stereocenters. The lowest BCUT2D eigenvalue weighted by atomic mass is 10.1. The van der Waals surface area contributed by atoms with E-state index in [9.17, 15) is 22.8 Å². The lowest BCUT2D eigenvalue weighted by molar-refractivity contribution is -0.138. The maximum atomic E-state index is 12.8. The third-order valence-corrected chi connectivity index (χ3v) is 4.63. The Kier molecular flexibility index (Phi) is 5.71. The van der Waals surface area contributed by atoms with Crippen LogP contribution in [0.25, 0.3) is 0 Å². The number of nitrogens with one attached hydrogen (secondary N) is 1. The zero-order valence-corrected chi connectivity index (χ0v) is 15.1. The highest BCUT2D eigenvalue weighted by molar-refractivity contribution is 7.99. The van der Waals surface area contributed by atoms with Crippen LogP contribution in [0.15, 0.2) is 24.3 Å². The molecule has 1 aromatic carbocycles. The molecule has 1 N–H and O–H groups in total. The van der Waals surface area contributed by atoms with Crippen LogP contribution in [-0.2, 0) is 22.2 Å². The molecule has 8 heteroatoms. The molecule has 1 saturated heterocycles. The molecule has 1 fully saturated rings. The lowest BCUT2D eigenvalue weighted by Crippen LogP contribution is -2.52. The SMILES string of the molecule is CC(C)(C)NC(=O)C1CSCN1C(=O)Cc1cccc(C(F)(F)F)c1. The number of rotatable bonds is 3. The minimum absolute atomic E-state index is 0.163. The minimum Gasteiger partial charge on any atom is -0.350 e. The fourth-order valence-electron chi connectivity index (χ4n) is 2.49. The second-order valence-electron chi connectivity index (χ2n) is 6.99. The first-order chi connectivity index (χ1) is 11.5. The van der Waals surface area contributed by atoms with Gasteiger partial charge in [0.25, 0.3) is 0 Å². The van der Waals surface area contributed by atoms with E-state index in [-0.39, 0.29) is 23.8 Å². The van der Waals surface area contributed by atoms with E-state index in [2.05, 4.69) is 5.32 Å². The molecule has 0 aromatic heterocycles. The topological polar surface area (TPSA) is 49.4 Å². The zero-order chi connectivity index (χ0) is 18.8. The van der Waals surface area contributed by atoms with E-state index < -0.39 is 23.3 Å². The summed E-state index contributed by atoms with van der Waals surface area (Å²) in [5, 5.41) is 2.84.